The van der Waals surface area contributed by atoms with Gasteiger partial charge in [0.15, 0.2) is 0 Å². The van der Waals surface area contributed by atoms with Crippen LogP contribution in [0.15, 0.2) is 57.9 Å². The van der Waals surface area contributed by atoms with Crippen LogP contribution >= 0.6 is 28.6 Å². The van der Waals surface area contributed by atoms with E-state index in [0.29, 0.717) is 11.6 Å². The van der Waals surface area contributed by atoms with Crippen molar-refractivity contribution in [3.63, 3.8) is 0 Å². The Morgan fingerprint density at radius 3 is 2.33 bits per heavy atom. The highest BCUT2D eigenvalue weighted by molar-refractivity contribution is 9.10. The van der Waals surface area contributed by atoms with Crippen LogP contribution in [0.2, 0.25) is 0 Å². The molecule has 6 nitrogen and oxygen atoms in total. The van der Waals surface area contributed by atoms with Crippen LogP contribution in [-0.2, 0) is 16.1 Å². The molecule has 3 aromatic rings. The van der Waals surface area contributed by atoms with Crippen LogP contribution < -0.4 is 11.1 Å². The van der Waals surface area contributed by atoms with Crippen molar-refractivity contribution >= 4 is 51.6 Å². The van der Waals surface area contributed by atoms with E-state index in [0.717, 1.165) is 26.6 Å². The van der Waals surface area contributed by atoms with Gasteiger partial charge in [0.1, 0.15) is 17.9 Å². The Morgan fingerprint density at radius 2 is 1.78 bits per heavy atom. The first-order valence-electron chi connectivity index (χ1n) is 8.03. The molecule has 0 atom stereocenters. The summed E-state index contributed by atoms with van der Waals surface area (Å²) < 4.78 is 5.34. The predicted octanol–water partition coefficient (Wildman–Crippen LogP) is 3.70. The van der Waals surface area contributed by atoms with E-state index in [4.69, 9.17) is 5.73 Å². The van der Waals surface area contributed by atoms with E-state index in [-0.39, 0.29) is 13.1 Å². The summed E-state index contributed by atoms with van der Waals surface area (Å²) in [4.78, 5) is 19.9. The molecule has 0 unspecified atom stereocenters. The van der Waals surface area contributed by atoms with E-state index in [9.17, 15) is 4.79 Å². The first kappa shape index (κ1) is 23.0. The summed E-state index contributed by atoms with van der Waals surface area (Å²) in [6.07, 6.45) is 0.791. The molecule has 0 saturated heterocycles. The van der Waals surface area contributed by atoms with Crippen molar-refractivity contribution in [2.24, 2.45) is 5.73 Å². The molecular formula is C19H23BrN4O2S. The molecule has 0 fully saturated rings. The quantitative estimate of drug-likeness (QED) is 0.414. The van der Waals surface area contributed by atoms with Crippen LogP contribution in [0.25, 0.3) is 10.9 Å². The molecule has 2 aromatic carbocycles. The molecule has 1 heterocycles. The number of aromatic nitrogens is 2. The molecule has 144 valence electrons. The largest absolute Gasteiger partial charge is 0.388 e. The highest BCUT2D eigenvalue weighted by atomic mass is 79.9. The predicted molar refractivity (Wildman–Crippen MR) is 116 cm³/mol. The summed E-state index contributed by atoms with van der Waals surface area (Å²) >= 11 is 7.42. The van der Waals surface area contributed by atoms with Gasteiger partial charge in [-0.05, 0) is 36.4 Å². The smallest absolute Gasteiger partial charge is 0.144 e. The maximum atomic E-state index is 10.3. The van der Waals surface area contributed by atoms with Crippen LogP contribution in [0.3, 0.4) is 0 Å². The van der Waals surface area contributed by atoms with Crippen molar-refractivity contribution in [3.05, 3.63) is 58.8 Å². The fourth-order valence-electron chi connectivity index (χ4n) is 1.93. The minimum Gasteiger partial charge on any atom is -0.388 e. The van der Waals surface area contributed by atoms with Crippen LogP contribution in [0.5, 0.6) is 0 Å². The fraction of sp³-hybridized carbons (Fsp3) is 0.211. The van der Waals surface area contributed by atoms with E-state index < -0.39 is 0 Å². The number of carbonyl (C=O) groups excluding carboxylic acids is 1. The maximum absolute atomic E-state index is 10.3. The summed E-state index contributed by atoms with van der Waals surface area (Å²) in [6.45, 7) is 0.506. The number of nitrogens with one attached hydrogen (secondary N) is 1. The van der Waals surface area contributed by atoms with Crippen molar-refractivity contribution < 1.29 is 9.53 Å². The average Bonchev–Trinajstić information content (AvgIpc) is 2.69. The van der Waals surface area contributed by atoms with Gasteiger partial charge in [0.05, 0.1) is 18.6 Å². The number of hydrogen-bond donors (Lipinski definition) is 3. The number of fused-ring (bicyclic) bond motifs is 1. The Morgan fingerprint density at radius 1 is 1.15 bits per heavy atom. The van der Waals surface area contributed by atoms with Gasteiger partial charge in [-0.15, -0.1) is 12.6 Å². The van der Waals surface area contributed by atoms with Crippen molar-refractivity contribution in [2.75, 3.05) is 26.1 Å². The molecule has 0 spiro atoms. The first-order valence-corrected chi connectivity index (χ1v) is 9.27. The van der Waals surface area contributed by atoms with Gasteiger partial charge in [-0.25, -0.2) is 9.97 Å². The number of thiol groups is 1. The molecule has 1 aromatic heterocycles. The Kier molecular flexibility index (Phi) is 11.3. The number of hydrogen-bond acceptors (Lipinski definition) is 7. The van der Waals surface area contributed by atoms with Crippen LogP contribution in [0.1, 0.15) is 5.82 Å². The number of halogens is 1. The highest BCUT2D eigenvalue weighted by Crippen LogP contribution is 2.19. The molecule has 8 heteroatoms. The Labute approximate surface area is 173 Å². The summed E-state index contributed by atoms with van der Waals surface area (Å²) in [5.74, 6) is 1.21. The van der Waals surface area contributed by atoms with Crippen molar-refractivity contribution in [3.8, 4) is 0 Å². The molecule has 0 aliphatic rings. The maximum Gasteiger partial charge on any atom is 0.144 e. The summed E-state index contributed by atoms with van der Waals surface area (Å²) in [5, 5.41) is 3.83. The SMILES string of the molecule is COC.NCc1nc(NCC=O)c2ccccc2n1.Sc1ccc(Br)cc1. The number of carbonyl (C=O) groups is 1. The molecule has 0 bridgehead atoms. The van der Waals surface area contributed by atoms with Crippen LogP contribution in [0.4, 0.5) is 5.82 Å². The van der Waals surface area contributed by atoms with Crippen LogP contribution in [0, 0.1) is 0 Å². The molecular weight excluding hydrogens is 428 g/mol. The molecule has 0 radical (unpaired) electrons. The van der Waals surface area contributed by atoms with E-state index in [2.05, 4.69) is 48.6 Å². The molecule has 0 aliphatic carbocycles. The minimum absolute atomic E-state index is 0.227. The number of aldehydes is 1. The second-order valence-electron chi connectivity index (χ2n) is 5.14. The second-order valence-corrected chi connectivity index (χ2v) is 6.57. The molecule has 0 aliphatic heterocycles. The van der Waals surface area contributed by atoms with Crippen molar-refractivity contribution in [1.82, 2.24) is 9.97 Å². The van der Waals surface area contributed by atoms with Gasteiger partial charge >= 0.3 is 0 Å². The summed E-state index contributed by atoms with van der Waals surface area (Å²) in [5.41, 5.74) is 6.34. The van der Waals surface area contributed by atoms with Gasteiger partial charge in [0.2, 0.25) is 0 Å². The summed E-state index contributed by atoms with van der Waals surface area (Å²) in [6, 6.07) is 15.4. The van der Waals surface area contributed by atoms with Crippen molar-refractivity contribution in [2.45, 2.75) is 11.4 Å². The average molecular weight is 451 g/mol. The highest BCUT2D eigenvalue weighted by Gasteiger charge is 2.05. The van der Waals surface area contributed by atoms with E-state index in [1.54, 1.807) is 14.2 Å². The lowest BCUT2D eigenvalue weighted by molar-refractivity contribution is -0.106. The Bertz CT molecular complexity index is 811. The van der Waals surface area contributed by atoms with Gasteiger partial charge in [0, 0.05) is 29.0 Å². The number of methoxy groups -OCH3 is 1. The van der Waals surface area contributed by atoms with Gasteiger partial charge in [-0.2, -0.15) is 0 Å². The lowest BCUT2D eigenvalue weighted by atomic mass is 10.2. The van der Waals surface area contributed by atoms with E-state index in [1.807, 2.05) is 48.5 Å². The molecule has 0 saturated carbocycles. The number of para-hydroxylation sites is 1. The Balaban J connectivity index is 0.000000277. The monoisotopic (exact) mass is 450 g/mol. The molecule has 0 amide bonds. The fourth-order valence-corrected chi connectivity index (χ4v) is 2.34. The molecule has 3 N–H and O–H groups in total. The van der Waals surface area contributed by atoms with Crippen molar-refractivity contribution in [1.29, 1.82) is 0 Å². The van der Waals surface area contributed by atoms with Gasteiger partial charge in [-0.3, -0.25) is 0 Å². The number of rotatable bonds is 4. The minimum atomic E-state index is 0.227. The zero-order valence-electron chi connectivity index (χ0n) is 15.2. The number of nitrogens with two attached hydrogens (primary N) is 1. The van der Waals surface area contributed by atoms with Gasteiger partial charge in [0.25, 0.3) is 0 Å². The standard InChI is InChI=1S/C11H12N4O.C6H5BrS.C2H6O/c12-7-10-14-9-4-2-1-3-8(9)11(15-10)13-5-6-16;7-5-1-3-6(8)4-2-5;1-3-2/h1-4,6H,5,7,12H2,(H,13,14,15);1-4,8H;1-2H3. The number of benzene rings is 2. The molecule has 3 rings (SSSR count). The number of anilines is 1. The summed E-state index contributed by atoms with van der Waals surface area (Å²) in [7, 11) is 3.25. The van der Waals surface area contributed by atoms with Gasteiger partial charge in [-0.1, -0.05) is 28.1 Å². The first-order chi connectivity index (χ1) is 13.0. The lowest BCUT2D eigenvalue weighted by Gasteiger charge is -2.07. The molecule has 27 heavy (non-hydrogen) atoms. The third kappa shape index (κ3) is 8.49. The van der Waals surface area contributed by atoms with Crippen LogP contribution in [-0.4, -0.2) is 37.0 Å². The second kappa shape index (κ2) is 13.2. The number of ether oxygens (including phenoxy) is 1. The zero-order valence-corrected chi connectivity index (χ0v) is 17.7. The third-order valence-corrected chi connectivity index (χ3v) is 3.84. The van der Waals surface area contributed by atoms with E-state index in [1.165, 1.54) is 0 Å². The van der Waals surface area contributed by atoms with Gasteiger partial charge < -0.3 is 20.6 Å². The Hall–Kier alpha value is -2.00. The zero-order chi connectivity index (χ0) is 20.1. The lowest BCUT2D eigenvalue weighted by Crippen LogP contribution is -2.09. The normalized spacial score (nSPS) is 9.52. The number of nitrogens with zero attached hydrogens (tertiary/aromatic N) is 2. The third-order valence-electron chi connectivity index (χ3n) is 3.01. The van der Waals surface area contributed by atoms with E-state index >= 15 is 0 Å². The topological polar surface area (TPSA) is 90.1 Å².